The van der Waals surface area contributed by atoms with Crippen molar-refractivity contribution in [3.05, 3.63) is 34.9 Å². The molecule has 2 fully saturated rings. The highest BCUT2D eigenvalue weighted by atomic mass is 35.5. The molecule has 2 aliphatic heterocycles. The highest BCUT2D eigenvalue weighted by Crippen LogP contribution is 2.14. The Morgan fingerprint density at radius 1 is 1.00 bits per heavy atom. The number of benzene rings is 1. The van der Waals surface area contributed by atoms with Crippen LogP contribution in [0.5, 0.6) is 0 Å². The summed E-state index contributed by atoms with van der Waals surface area (Å²) in [5.74, 6) is 0.223. The molecule has 0 aliphatic carbocycles. The van der Waals surface area contributed by atoms with Gasteiger partial charge in [0.25, 0.3) is 0 Å². The summed E-state index contributed by atoms with van der Waals surface area (Å²) in [5, 5.41) is 3.60. The van der Waals surface area contributed by atoms with Crippen molar-refractivity contribution in [1.82, 2.24) is 20.0 Å². The monoisotopic (exact) mass is 408 g/mol. The van der Waals surface area contributed by atoms with Gasteiger partial charge in [-0.05, 0) is 11.6 Å². The summed E-state index contributed by atoms with van der Waals surface area (Å²) in [7, 11) is 0. The number of nitrogens with zero attached hydrogens (tertiary/aromatic N) is 3. The topological polar surface area (TPSA) is 65.1 Å². The Morgan fingerprint density at radius 2 is 1.68 bits per heavy atom. The summed E-state index contributed by atoms with van der Waals surface area (Å²) in [6.45, 7) is 7.82. The van der Waals surface area contributed by atoms with E-state index in [9.17, 15) is 9.59 Å². The average molecular weight is 409 g/mol. The van der Waals surface area contributed by atoms with Gasteiger partial charge in [0.15, 0.2) is 0 Å². The fourth-order valence-corrected chi connectivity index (χ4v) is 3.66. The third-order valence-electron chi connectivity index (χ3n) is 5.28. The van der Waals surface area contributed by atoms with Crippen LogP contribution in [0, 0.1) is 0 Å². The van der Waals surface area contributed by atoms with Gasteiger partial charge in [-0.2, -0.15) is 0 Å². The van der Waals surface area contributed by atoms with Gasteiger partial charge >= 0.3 is 0 Å². The molecule has 1 aromatic carbocycles. The predicted molar refractivity (Wildman–Crippen MR) is 108 cm³/mol. The maximum atomic E-state index is 12.3. The zero-order valence-electron chi connectivity index (χ0n) is 16.2. The van der Waals surface area contributed by atoms with Crippen LogP contribution < -0.4 is 5.32 Å². The molecule has 2 amide bonds. The molecular formula is C20H29ClN4O3. The first-order valence-electron chi connectivity index (χ1n) is 9.92. The summed E-state index contributed by atoms with van der Waals surface area (Å²) in [5.41, 5.74) is 0.927. The number of piperazine rings is 1. The molecule has 2 saturated heterocycles. The number of nitrogens with one attached hydrogen (secondary N) is 1. The number of hydrogen-bond acceptors (Lipinski definition) is 5. The van der Waals surface area contributed by atoms with E-state index in [2.05, 4.69) is 15.1 Å². The van der Waals surface area contributed by atoms with Crippen molar-refractivity contribution >= 4 is 23.4 Å². The van der Waals surface area contributed by atoms with Gasteiger partial charge in [-0.1, -0.05) is 29.8 Å². The number of carbonyl (C=O) groups is 2. The molecule has 8 heteroatoms. The Labute approximate surface area is 171 Å². The van der Waals surface area contributed by atoms with Crippen molar-refractivity contribution < 1.29 is 14.3 Å². The molecule has 0 spiro atoms. The molecule has 2 heterocycles. The van der Waals surface area contributed by atoms with Crippen molar-refractivity contribution in [3.8, 4) is 0 Å². The fourth-order valence-electron chi connectivity index (χ4n) is 3.46. The standard InChI is InChI=1S/C20H29ClN4O3/c21-18-4-2-1-3-17(18)15-22-19(26)5-6-23-7-9-24(10-8-23)16-20(27)25-11-13-28-14-12-25/h1-4H,5-16H2,(H,22,26). The minimum absolute atomic E-state index is 0.0323. The molecule has 3 rings (SSSR count). The van der Waals surface area contributed by atoms with Crippen molar-refractivity contribution in [2.24, 2.45) is 0 Å². The van der Waals surface area contributed by atoms with Crippen LogP contribution in [0.25, 0.3) is 0 Å². The minimum atomic E-state index is 0.0323. The average Bonchev–Trinajstić information content (AvgIpc) is 2.73. The Balaban J connectivity index is 1.30. The number of halogens is 1. The Kier molecular flexibility index (Phi) is 8.09. The molecule has 0 aromatic heterocycles. The smallest absolute Gasteiger partial charge is 0.236 e. The van der Waals surface area contributed by atoms with E-state index < -0.39 is 0 Å². The maximum absolute atomic E-state index is 12.3. The van der Waals surface area contributed by atoms with E-state index in [1.807, 2.05) is 29.2 Å². The van der Waals surface area contributed by atoms with Gasteiger partial charge in [-0.25, -0.2) is 0 Å². The van der Waals surface area contributed by atoms with Gasteiger partial charge in [0.2, 0.25) is 11.8 Å². The van der Waals surface area contributed by atoms with E-state index >= 15 is 0 Å². The normalized spacial score (nSPS) is 18.8. The molecule has 2 aliphatic rings. The largest absolute Gasteiger partial charge is 0.378 e. The minimum Gasteiger partial charge on any atom is -0.378 e. The number of rotatable bonds is 7. The lowest BCUT2D eigenvalue weighted by Gasteiger charge is -2.35. The van der Waals surface area contributed by atoms with Crippen LogP contribution in [0.1, 0.15) is 12.0 Å². The van der Waals surface area contributed by atoms with Gasteiger partial charge in [-0.15, -0.1) is 0 Å². The van der Waals surface area contributed by atoms with E-state index in [0.717, 1.165) is 38.3 Å². The molecule has 0 atom stereocenters. The molecule has 1 aromatic rings. The second-order valence-electron chi connectivity index (χ2n) is 7.23. The summed E-state index contributed by atoms with van der Waals surface area (Å²) in [6, 6.07) is 7.53. The van der Waals surface area contributed by atoms with Crippen molar-refractivity contribution in [2.75, 3.05) is 65.6 Å². The third-order valence-corrected chi connectivity index (χ3v) is 5.65. The second-order valence-corrected chi connectivity index (χ2v) is 7.64. The molecule has 7 nitrogen and oxygen atoms in total. The lowest BCUT2D eigenvalue weighted by Crippen LogP contribution is -2.51. The fraction of sp³-hybridized carbons (Fsp3) is 0.600. The van der Waals surface area contributed by atoms with Crippen LogP contribution in [-0.4, -0.2) is 92.1 Å². The van der Waals surface area contributed by atoms with E-state index in [0.29, 0.717) is 50.8 Å². The highest BCUT2D eigenvalue weighted by Gasteiger charge is 2.23. The number of ether oxygens (including phenoxy) is 1. The zero-order valence-corrected chi connectivity index (χ0v) is 17.0. The van der Waals surface area contributed by atoms with Crippen LogP contribution in [-0.2, 0) is 20.9 Å². The lowest BCUT2D eigenvalue weighted by molar-refractivity contribution is -0.136. The molecule has 28 heavy (non-hydrogen) atoms. The van der Waals surface area contributed by atoms with Crippen molar-refractivity contribution in [2.45, 2.75) is 13.0 Å². The number of morpholine rings is 1. The number of amides is 2. The Hall–Kier alpha value is -1.67. The molecule has 1 N–H and O–H groups in total. The molecular weight excluding hydrogens is 380 g/mol. The predicted octanol–water partition coefficient (Wildman–Crippen LogP) is 0.823. The van der Waals surface area contributed by atoms with E-state index in [4.69, 9.17) is 16.3 Å². The van der Waals surface area contributed by atoms with Crippen LogP contribution in [0.3, 0.4) is 0 Å². The van der Waals surface area contributed by atoms with Gasteiger partial charge < -0.3 is 19.9 Å². The van der Waals surface area contributed by atoms with Gasteiger partial charge in [0.1, 0.15) is 0 Å². The van der Waals surface area contributed by atoms with Crippen molar-refractivity contribution in [1.29, 1.82) is 0 Å². The van der Waals surface area contributed by atoms with Gasteiger partial charge in [0, 0.05) is 63.8 Å². The maximum Gasteiger partial charge on any atom is 0.236 e. The summed E-state index contributed by atoms with van der Waals surface area (Å²) >= 11 is 6.11. The number of carbonyl (C=O) groups excluding carboxylic acids is 2. The van der Waals surface area contributed by atoms with Gasteiger partial charge in [0.05, 0.1) is 19.8 Å². The summed E-state index contributed by atoms with van der Waals surface area (Å²) in [6.07, 6.45) is 0.469. The third kappa shape index (κ3) is 6.44. The first-order valence-corrected chi connectivity index (χ1v) is 10.3. The van der Waals surface area contributed by atoms with Gasteiger partial charge in [-0.3, -0.25) is 14.5 Å². The molecule has 0 saturated carbocycles. The number of hydrogen-bond donors (Lipinski definition) is 1. The van der Waals surface area contributed by atoms with Crippen LogP contribution in [0.4, 0.5) is 0 Å². The van der Waals surface area contributed by atoms with E-state index in [-0.39, 0.29) is 11.8 Å². The lowest BCUT2D eigenvalue weighted by atomic mass is 10.2. The highest BCUT2D eigenvalue weighted by molar-refractivity contribution is 6.31. The first kappa shape index (κ1) is 21.0. The molecule has 154 valence electrons. The van der Waals surface area contributed by atoms with E-state index in [1.165, 1.54) is 0 Å². The summed E-state index contributed by atoms with van der Waals surface area (Å²) < 4.78 is 5.29. The second kappa shape index (κ2) is 10.8. The van der Waals surface area contributed by atoms with Crippen LogP contribution in [0.15, 0.2) is 24.3 Å². The Bertz CT molecular complexity index is 659. The van der Waals surface area contributed by atoms with Crippen LogP contribution in [0.2, 0.25) is 5.02 Å². The SMILES string of the molecule is O=C(CCN1CCN(CC(=O)N2CCOCC2)CC1)NCc1ccccc1Cl. The zero-order chi connectivity index (χ0) is 19.8. The van der Waals surface area contributed by atoms with Crippen LogP contribution >= 0.6 is 11.6 Å². The molecule has 0 radical (unpaired) electrons. The Morgan fingerprint density at radius 3 is 2.39 bits per heavy atom. The molecule has 0 bridgehead atoms. The van der Waals surface area contributed by atoms with Crippen molar-refractivity contribution in [3.63, 3.8) is 0 Å². The van der Waals surface area contributed by atoms with E-state index in [1.54, 1.807) is 0 Å². The quantitative estimate of drug-likeness (QED) is 0.723. The molecule has 0 unspecified atom stereocenters. The summed E-state index contributed by atoms with van der Waals surface area (Å²) in [4.78, 5) is 30.8. The first-order chi connectivity index (χ1) is 13.6.